The molecule has 88 valence electrons. The lowest BCUT2D eigenvalue weighted by Crippen LogP contribution is -2.37. The Morgan fingerprint density at radius 2 is 2.06 bits per heavy atom. The van der Waals surface area contributed by atoms with E-state index in [1.165, 1.54) is 0 Å². The highest BCUT2D eigenvalue weighted by atomic mass is 35.5. The first-order chi connectivity index (χ1) is 7.38. The topological polar surface area (TPSA) is 24.3 Å². The third-order valence-electron chi connectivity index (χ3n) is 2.53. The van der Waals surface area contributed by atoms with Crippen LogP contribution in [0.2, 0.25) is 5.15 Å². The van der Waals surface area contributed by atoms with Gasteiger partial charge in [0.1, 0.15) is 10.8 Å². The molecule has 2 rings (SSSR count). The molecule has 6 heteroatoms. The van der Waals surface area contributed by atoms with Crippen molar-refractivity contribution in [2.75, 3.05) is 11.6 Å². The highest BCUT2D eigenvalue weighted by molar-refractivity contribution is 6.29. The van der Waals surface area contributed by atoms with E-state index in [1.807, 2.05) is 49.2 Å². The van der Waals surface area contributed by atoms with Gasteiger partial charge in [-0.2, -0.15) is 5.10 Å². The van der Waals surface area contributed by atoms with Crippen molar-refractivity contribution in [3.8, 4) is 0 Å². The number of rotatable bonds is 2. The first-order valence-electron chi connectivity index (χ1n) is 4.98. The molecule has 0 fully saturated rings. The Bertz CT molecular complexity index is 419. The summed E-state index contributed by atoms with van der Waals surface area (Å²) in [6, 6.07) is 1.83. The van der Waals surface area contributed by atoms with E-state index < -0.39 is 5.00 Å². The second-order valence-corrected chi connectivity index (χ2v) is 5.55. The Labute approximate surface area is 105 Å². The van der Waals surface area contributed by atoms with Crippen LogP contribution in [0.5, 0.6) is 0 Å². The van der Waals surface area contributed by atoms with Gasteiger partial charge in [-0.3, -0.25) is 4.68 Å². The second kappa shape index (κ2) is 3.86. The number of aromatic nitrogens is 2. The minimum absolute atomic E-state index is 0.395. The van der Waals surface area contributed by atoms with Crippen LogP contribution in [0.1, 0.15) is 13.8 Å². The summed E-state index contributed by atoms with van der Waals surface area (Å²) in [5.74, 6) is 0.949. The molecule has 4 nitrogen and oxygen atoms in total. The molecule has 0 aliphatic carbocycles. The molecule has 0 N–H and O–H groups in total. The molecule has 0 unspecified atom stereocenters. The summed E-state index contributed by atoms with van der Waals surface area (Å²) in [6.07, 6.45) is 3.94. The Morgan fingerprint density at radius 1 is 1.38 bits per heavy atom. The highest BCUT2D eigenvalue weighted by Gasteiger charge is 2.27. The summed E-state index contributed by atoms with van der Waals surface area (Å²) in [5, 5.41) is 4.59. The molecule has 0 spiro atoms. The van der Waals surface area contributed by atoms with Crippen molar-refractivity contribution < 1.29 is 0 Å². The van der Waals surface area contributed by atoms with E-state index in [1.54, 1.807) is 4.68 Å². The summed E-state index contributed by atoms with van der Waals surface area (Å²) in [7, 11) is 1.86. The van der Waals surface area contributed by atoms with Crippen molar-refractivity contribution in [2.45, 2.75) is 18.8 Å². The summed E-state index contributed by atoms with van der Waals surface area (Å²) < 4.78 is 1.75. The van der Waals surface area contributed by atoms with Gasteiger partial charge in [0.25, 0.3) is 0 Å². The van der Waals surface area contributed by atoms with Gasteiger partial charge in [-0.1, -0.05) is 23.2 Å². The van der Waals surface area contributed by atoms with Gasteiger partial charge in [0.2, 0.25) is 0 Å². The average molecular weight is 261 g/mol. The largest absolute Gasteiger partial charge is 0.340 e. The van der Waals surface area contributed by atoms with E-state index in [-0.39, 0.29) is 0 Å². The lowest BCUT2D eigenvalue weighted by molar-refractivity contribution is 0.293. The smallest absolute Gasteiger partial charge is 0.153 e. The predicted molar refractivity (Wildman–Crippen MR) is 66.5 cm³/mol. The monoisotopic (exact) mass is 260 g/mol. The van der Waals surface area contributed by atoms with Crippen molar-refractivity contribution in [3.05, 3.63) is 23.6 Å². The normalized spacial score (nSPS) is 16.3. The van der Waals surface area contributed by atoms with Crippen LogP contribution in [0, 0.1) is 0 Å². The third-order valence-corrected chi connectivity index (χ3v) is 2.94. The molecule has 1 aromatic rings. The van der Waals surface area contributed by atoms with Crippen LogP contribution in [0.3, 0.4) is 0 Å². The van der Waals surface area contributed by atoms with E-state index in [4.69, 9.17) is 23.2 Å². The molecule has 0 aromatic carbocycles. The molecule has 0 saturated carbocycles. The summed E-state index contributed by atoms with van der Waals surface area (Å²) in [6.45, 7) is 4.61. The van der Waals surface area contributed by atoms with Gasteiger partial charge in [0.05, 0.1) is 6.67 Å². The van der Waals surface area contributed by atoms with Crippen LogP contribution in [-0.2, 0) is 7.05 Å². The van der Waals surface area contributed by atoms with Crippen LogP contribution in [0.4, 0.5) is 5.82 Å². The Kier molecular flexibility index (Phi) is 2.80. The molecule has 0 bridgehead atoms. The minimum Gasteiger partial charge on any atom is -0.340 e. The molecule has 1 aromatic heterocycles. The lowest BCUT2D eigenvalue weighted by Gasteiger charge is -2.30. The number of aryl methyl sites for hydroxylation is 1. The molecule has 16 heavy (non-hydrogen) atoms. The van der Waals surface area contributed by atoms with E-state index >= 15 is 0 Å². The molecular weight excluding hydrogens is 247 g/mol. The average Bonchev–Trinajstić information content (AvgIpc) is 2.70. The molecule has 0 radical (unpaired) electrons. The van der Waals surface area contributed by atoms with Gasteiger partial charge in [-0.15, -0.1) is 0 Å². The number of nitrogens with zero attached hydrogens (tertiary/aromatic N) is 4. The van der Waals surface area contributed by atoms with E-state index in [0.29, 0.717) is 11.8 Å². The predicted octanol–water partition coefficient (Wildman–Crippen LogP) is 2.60. The van der Waals surface area contributed by atoms with Crippen LogP contribution in [-0.4, -0.2) is 26.3 Å². The van der Waals surface area contributed by atoms with Gasteiger partial charge in [0.15, 0.2) is 5.15 Å². The van der Waals surface area contributed by atoms with Gasteiger partial charge in [-0.05, 0) is 13.8 Å². The zero-order valence-electron chi connectivity index (χ0n) is 9.48. The zero-order valence-corrected chi connectivity index (χ0v) is 11.0. The van der Waals surface area contributed by atoms with Crippen LogP contribution >= 0.6 is 23.2 Å². The molecular formula is C10H14Cl2N4. The Balaban J connectivity index is 2.16. The molecule has 0 amide bonds. The number of hydrogen-bond donors (Lipinski definition) is 0. The third kappa shape index (κ3) is 2.13. The van der Waals surface area contributed by atoms with Gasteiger partial charge in [0, 0.05) is 25.5 Å². The maximum Gasteiger partial charge on any atom is 0.153 e. The SMILES string of the molecule is Cn1nc(Cl)cc1N1C=CN(C(C)(C)Cl)C1. The van der Waals surface area contributed by atoms with Gasteiger partial charge < -0.3 is 9.80 Å². The van der Waals surface area contributed by atoms with Crippen molar-refractivity contribution in [3.63, 3.8) is 0 Å². The quantitative estimate of drug-likeness (QED) is 0.604. The summed E-state index contributed by atoms with van der Waals surface area (Å²) >= 11 is 12.1. The second-order valence-electron chi connectivity index (χ2n) is 4.24. The van der Waals surface area contributed by atoms with E-state index in [9.17, 15) is 0 Å². The summed E-state index contributed by atoms with van der Waals surface area (Å²) in [4.78, 5) is 3.69. The summed E-state index contributed by atoms with van der Waals surface area (Å²) in [5.41, 5.74) is 0. The Hall–Kier alpha value is -0.870. The fourth-order valence-corrected chi connectivity index (χ4v) is 1.93. The minimum atomic E-state index is -0.395. The van der Waals surface area contributed by atoms with Crippen LogP contribution in [0.25, 0.3) is 0 Å². The molecule has 0 atom stereocenters. The number of halogens is 2. The van der Waals surface area contributed by atoms with Crippen molar-refractivity contribution in [1.29, 1.82) is 0 Å². The van der Waals surface area contributed by atoms with Gasteiger partial charge >= 0.3 is 0 Å². The molecule has 1 aliphatic rings. The number of hydrogen-bond acceptors (Lipinski definition) is 3. The fourth-order valence-electron chi connectivity index (χ4n) is 1.61. The molecule has 1 aliphatic heterocycles. The highest BCUT2D eigenvalue weighted by Crippen LogP contribution is 2.27. The van der Waals surface area contributed by atoms with Gasteiger partial charge in [-0.25, -0.2) is 0 Å². The Morgan fingerprint density at radius 3 is 2.50 bits per heavy atom. The maximum atomic E-state index is 6.24. The first kappa shape index (κ1) is 11.6. The lowest BCUT2D eigenvalue weighted by atomic mass is 10.3. The van der Waals surface area contributed by atoms with Crippen LogP contribution < -0.4 is 4.90 Å². The number of anilines is 1. The molecule has 0 saturated heterocycles. The van der Waals surface area contributed by atoms with Crippen molar-refractivity contribution >= 4 is 29.0 Å². The number of alkyl halides is 1. The maximum absolute atomic E-state index is 6.24. The van der Waals surface area contributed by atoms with Crippen molar-refractivity contribution in [2.24, 2.45) is 7.05 Å². The first-order valence-corrected chi connectivity index (χ1v) is 5.74. The van der Waals surface area contributed by atoms with Crippen molar-refractivity contribution in [1.82, 2.24) is 14.7 Å². The zero-order chi connectivity index (χ0) is 11.9. The molecule has 2 heterocycles. The fraction of sp³-hybridized carbons (Fsp3) is 0.500. The van der Waals surface area contributed by atoms with E-state index in [2.05, 4.69) is 5.10 Å². The standard InChI is InChI=1S/C10H14Cl2N4/c1-10(2,12)16-5-4-15(7-16)9-6-8(11)13-14(9)3/h4-6H,7H2,1-3H3. The van der Waals surface area contributed by atoms with Crippen LogP contribution in [0.15, 0.2) is 18.5 Å². The van der Waals surface area contributed by atoms with E-state index in [0.717, 1.165) is 5.82 Å².